The molecule has 13 heteroatoms. The molecule has 2 aromatic heterocycles. The van der Waals surface area contributed by atoms with Crippen molar-refractivity contribution in [3.8, 4) is 0 Å². The van der Waals surface area contributed by atoms with E-state index in [1.807, 2.05) is 0 Å². The average molecular weight is 423 g/mol. The SMILES string of the molecule is CNc1nc(Cl)nn2c(C[C@H]3OC(COCP(=O)(O)O)[C@@H](O)[C@H]3O)ccc12. The molecule has 5 N–H and O–H groups in total. The number of ether oxygens (including phenoxy) is 2. The monoisotopic (exact) mass is 422 g/mol. The number of hydrogen-bond donors (Lipinski definition) is 5. The van der Waals surface area contributed by atoms with E-state index in [2.05, 4.69) is 15.4 Å². The maximum absolute atomic E-state index is 10.8. The molecule has 27 heavy (non-hydrogen) atoms. The maximum Gasteiger partial charge on any atom is 0.350 e. The first-order valence-corrected chi connectivity index (χ1v) is 10.2. The molecule has 1 aliphatic rings. The lowest BCUT2D eigenvalue weighted by Crippen LogP contribution is -2.35. The molecule has 4 atom stereocenters. The minimum Gasteiger partial charge on any atom is -0.388 e. The van der Waals surface area contributed by atoms with Crippen molar-refractivity contribution in [3.63, 3.8) is 0 Å². The zero-order valence-corrected chi connectivity index (χ0v) is 15.9. The fourth-order valence-corrected chi connectivity index (χ4v) is 3.49. The molecular weight excluding hydrogens is 403 g/mol. The Balaban J connectivity index is 1.71. The maximum atomic E-state index is 10.8. The first-order valence-electron chi connectivity index (χ1n) is 8.05. The number of hydrogen-bond acceptors (Lipinski definition) is 8. The van der Waals surface area contributed by atoms with Gasteiger partial charge in [0, 0.05) is 19.2 Å². The van der Waals surface area contributed by atoms with Crippen LogP contribution in [0.25, 0.3) is 5.52 Å². The van der Waals surface area contributed by atoms with Gasteiger partial charge in [-0.3, -0.25) is 4.57 Å². The third-order valence-corrected chi connectivity index (χ3v) is 4.89. The van der Waals surface area contributed by atoms with Gasteiger partial charge >= 0.3 is 7.60 Å². The van der Waals surface area contributed by atoms with Crippen molar-refractivity contribution >= 4 is 30.5 Å². The molecule has 0 aliphatic carbocycles. The molecule has 1 aliphatic heterocycles. The van der Waals surface area contributed by atoms with E-state index in [0.717, 1.165) is 0 Å². The van der Waals surface area contributed by atoms with E-state index < -0.39 is 38.4 Å². The Bertz CT molecular complexity index is 859. The van der Waals surface area contributed by atoms with E-state index in [1.165, 1.54) is 0 Å². The van der Waals surface area contributed by atoms with Crippen LogP contribution < -0.4 is 5.32 Å². The minimum absolute atomic E-state index is 0.0425. The van der Waals surface area contributed by atoms with Gasteiger partial charge in [-0.25, -0.2) is 4.52 Å². The van der Waals surface area contributed by atoms with Crippen molar-refractivity contribution in [3.05, 3.63) is 23.1 Å². The molecule has 3 rings (SSSR count). The first kappa shape index (κ1) is 20.4. The standard InChI is InChI=1S/C14H20ClN4O7P/c1-16-13-8-3-2-7(19(8)18-14(15)17-13)4-9-11(20)12(21)10(26-9)5-25-6-27(22,23)24/h2-3,9-12,20-21H,4-6H2,1H3,(H,16,17,18)(H2,22,23,24)/t9-,10?,11+,12-/m1/s1. The van der Waals surface area contributed by atoms with Crippen LogP contribution in [0.5, 0.6) is 0 Å². The van der Waals surface area contributed by atoms with Crippen LogP contribution in [0, 0.1) is 0 Å². The number of aliphatic hydroxyl groups excluding tert-OH is 2. The summed E-state index contributed by atoms with van der Waals surface area (Å²) < 4.78 is 22.9. The summed E-state index contributed by atoms with van der Waals surface area (Å²) in [6.07, 6.45) is -4.67. The molecule has 0 bridgehead atoms. The third-order valence-electron chi connectivity index (χ3n) is 4.21. The summed E-state index contributed by atoms with van der Waals surface area (Å²) in [5.74, 6) is 0.540. The van der Waals surface area contributed by atoms with Crippen molar-refractivity contribution in [1.82, 2.24) is 14.6 Å². The zero-order chi connectivity index (χ0) is 19.8. The Morgan fingerprint density at radius 2 is 2.04 bits per heavy atom. The smallest absolute Gasteiger partial charge is 0.350 e. The van der Waals surface area contributed by atoms with Gasteiger partial charge in [-0.05, 0) is 23.7 Å². The Hall–Kier alpha value is -1.30. The molecule has 0 amide bonds. The Morgan fingerprint density at radius 3 is 2.70 bits per heavy atom. The number of halogens is 1. The largest absolute Gasteiger partial charge is 0.388 e. The van der Waals surface area contributed by atoms with Gasteiger partial charge in [0.15, 0.2) is 5.82 Å². The summed E-state index contributed by atoms with van der Waals surface area (Å²) in [6.45, 7) is -0.257. The van der Waals surface area contributed by atoms with Gasteiger partial charge in [0.25, 0.3) is 0 Å². The first-order chi connectivity index (χ1) is 12.7. The lowest BCUT2D eigenvalue weighted by Gasteiger charge is -2.15. The van der Waals surface area contributed by atoms with E-state index in [0.29, 0.717) is 17.0 Å². The number of nitrogens with one attached hydrogen (secondary N) is 1. The second kappa shape index (κ2) is 7.98. The van der Waals surface area contributed by atoms with Gasteiger partial charge in [0.05, 0.1) is 12.7 Å². The van der Waals surface area contributed by atoms with Crippen LogP contribution in [0.3, 0.4) is 0 Å². The highest BCUT2D eigenvalue weighted by atomic mass is 35.5. The van der Waals surface area contributed by atoms with Gasteiger partial charge in [0.1, 0.15) is 30.2 Å². The summed E-state index contributed by atoms with van der Waals surface area (Å²) in [6, 6.07) is 3.57. The highest BCUT2D eigenvalue weighted by Gasteiger charge is 2.43. The molecule has 2 aromatic rings. The van der Waals surface area contributed by atoms with Gasteiger partial charge < -0.3 is 34.8 Å². The molecule has 1 unspecified atom stereocenters. The molecule has 11 nitrogen and oxygen atoms in total. The number of aromatic nitrogens is 3. The van der Waals surface area contributed by atoms with Gasteiger partial charge in [-0.1, -0.05) is 0 Å². The summed E-state index contributed by atoms with van der Waals surface area (Å²) in [5.41, 5.74) is 1.37. The van der Waals surface area contributed by atoms with E-state index in [9.17, 15) is 14.8 Å². The van der Waals surface area contributed by atoms with Crippen molar-refractivity contribution in [2.24, 2.45) is 0 Å². The van der Waals surface area contributed by atoms with Crippen LogP contribution in [0.2, 0.25) is 5.28 Å². The van der Waals surface area contributed by atoms with Crippen molar-refractivity contribution in [2.45, 2.75) is 30.8 Å². The third kappa shape index (κ3) is 4.58. The van der Waals surface area contributed by atoms with Crippen LogP contribution in [0.1, 0.15) is 5.69 Å². The van der Waals surface area contributed by atoms with Crippen LogP contribution in [0.15, 0.2) is 12.1 Å². The quantitative estimate of drug-likeness (QED) is 0.372. The minimum atomic E-state index is -4.32. The zero-order valence-electron chi connectivity index (χ0n) is 14.3. The molecule has 1 saturated heterocycles. The predicted molar refractivity (Wildman–Crippen MR) is 94.8 cm³/mol. The highest BCUT2D eigenvalue weighted by molar-refractivity contribution is 7.51. The van der Waals surface area contributed by atoms with Crippen molar-refractivity contribution in [2.75, 3.05) is 25.3 Å². The second-order valence-corrected chi connectivity index (χ2v) is 8.09. The predicted octanol–water partition coefficient (Wildman–Crippen LogP) is -0.392. The molecule has 1 fully saturated rings. The summed E-state index contributed by atoms with van der Waals surface area (Å²) in [5, 5.41) is 27.5. The lowest BCUT2D eigenvalue weighted by molar-refractivity contribution is -0.0381. The number of rotatable bonds is 7. The van der Waals surface area contributed by atoms with Crippen molar-refractivity contribution < 1.29 is 34.0 Å². The van der Waals surface area contributed by atoms with E-state index >= 15 is 0 Å². The normalized spacial score (nSPS) is 26.0. The van der Waals surface area contributed by atoms with E-state index in [1.54, 1.807) is 23.7 Å². The molecule has 0 radical (unpaired) electrons. The topological polar surface area (TPSA) is 159 Å². The number of fused-ring (bicyclic) bond motifs is 1. The number of anilines is 1. The highest BCUT2D eigenvalue weighted by Crippen LogP contribution is 2.34. The van der Waals surface area contributed by atoms with Gasteiger partial charge in [-0.2, -0.15) is 4.98 Å². The van der Waals surface area contributed by atoms with E-state index in [4.69, 9.17) is 30.9 Å². The second-order valence-electron chi connectivity index (χ2n) is 6.16. The summed E-state index contributed by atoms with van der Waals surface area (Å²) in [7, 11) is -2.61. The molecular formula is C14H20ClN4O7P. The fourth-order valence-electron chi connectivity index (χ4n) is 2.99. The average Bonchev–Trinajstić information content (AvgIpc) is 3.10. The van der Waals surface area contributed by atoms with Gasteiger partial charge in [-0.15, -0.1) is 5.10 Å². The van der Waals surface area contributed by atoms with Crippen LogP contribution >= 0.6 is 19.2 Å². The number of nitrogens with zero attached hydrogens (tertiary/aromatic N) is 3. The Kier molecular flexibility index (Phi) is 6.04. The fraction of sp³-hybridized carbons (Fsp3) is 0.571. The van der Waals surface area contributed by atoms with Gasteiger partial charge in [0.2, 0.25) is 5.28 Å². The molecule has 3 heterocycles. The molecule has 0 spiro atoms. The molecule has 0 saturated carbocycles. The van der Waals surface area contributed by atoms with Crippen molar-refractivity contribution in [1.29, 1.82) is 0 Å². The Morgan fingerprint density at radius 1 is 1.33 bits per heavy atom. The molecule has 0 aromatic carbocycles. The Labute approximate surface area is 159 Å². The summed E-state index contributed by atoms with van der Waals surface area (Å²) in [4.78, 5) is 21.7. The number of aliphatic hydroxyl groups is 2. The molecule has 150 valence electrons. The van der Waals surface area contributed by atoms with Crippen LogP contribution in [-0.2, 0) is 20.5 Å². The summed E-state index contributed by atoms with van der Waals surface area (Å²) >= 11 is 5.93. The van der Waals surface area contributed by atoms with Crippen LogP contribution in [0.4, 0.5) is 5.82 Å². The van der Waals surface area contributed by atoms with E-state index in [-0.39, 0.29) is 18.3 Å². The lowest BCUT2D eigenvalue weighted by atomic mass is 10.0. The van der Waals surface area contributed by atoms with Crippen LogP contribution in [-0.4, -0.2) is 79.0 Å².